The van der Waals surface area contributed by atoms with Crippen molar-refractivity contribution in [2.24, 2.45) is 0 Å². The van der Waals surface area contributed by atoms with E-state index in [0.29, 0.717) is 17.0 Å². The van der Waals surface area contributed by atoms with Gasteiger partial charge >= 0.3 is 6.03 Å². The smallest absolute Gasteiger partial charge is 0.335 e. The molecule has 0 spiro atoms. The third-order valence-electron chi connectivity index (χ3n) is 3.95. The largest absolute Gasteiger partial charge is 0.496 e. The number of anilines is 1. The highest BCUT2D eigenvalue weighted by molar-refractivity contribution is 9.10. The minimum absolute atomic E-state index is 0.149. The average molecular weight is 415 g/mol. The van der Waals surface area contributed by atoms with Gasteiger partial charge in [0.2, 0.25) is 0 Å². The number of imide groups is 2. The van der Waals surface area contributed by atoms with Gasteiger partial charge in [-0.05, 0) is 42.8 Å². The van der Waals surface area contributed by atoms with Crippen LogP contribution in [0, 0.1) is 6.92 Å². The maximum absolute atomic E-state index is 12.9. The van der Waals surface area contributed by atoms with Crippen molar-refractivity contribution in [2.45, 2.75) is 6.92 Å². The van der Waals surface area contributed by atoms with Gasteiger partial charge in [0.1, 0.15) is 11.3 Å². The molecule has 1 N–H and O–H groups in total. The number of amides is 4. The number of rotatable bonds is 3. The Kier molecular flexibility index (Phi) is 4.90. The molecule has 0 bridgehead atoms. The molecule has 3 rings (SSSR count). The number of barbiturate groups is 1. The van der Waals surface area contributed by atoms with Crippen molar-refractivity contribution >= 4 is 45.5 Å². The lowest BCUT2D eigenvalue weighted by Crippen LogP contribution is -2.54. The molecule has 0 atom stereocenters. The molecule has 132 valence electrons. The molecule has 1 aliphatic heterocycles. The number of methoxy groups -OCH3 is 1. The van der Waals surface area contributed by atoms with Crippen LogP contribution >= 0.6 is 15.9 Å². The van der Waals surface area contributed by atoms with Crippen LogP contribution in [0.15, 0.2) is 52.5 Å². The molecule has 1 saturated heterocycles. The van der Waals surface area contributed by atoms with Gasteiger partial charge in [0, 0.05) is 10.0 Å². The van der Waals surface area contributed by atoms with E-state index in [4.69, 9.17) is 4.74 Å². The van der Waals surface area contributed by atoms with Gasteiger partial charge in [-0.2, -0.15) is 0 Å². The first kappa shape index (κ1) is 17.9. The predicted octanol–water partition coefficient (Wildman–Crippen LogP) is 3.43. The summed E-state index contributed by atoms with van der Waals surface area (Å²) in [6.45, 7) is 1.78. The second-order valence-electron chi connectivity index (χ2n) is 5.63. The topological polar surface area (TPSA) is 75.7 Å². The first-order valence-corrected chi connectivity index (χ1v) is 8.52. The van der Waals surface area contributed by atoms with Gasteiger partial charge in [-0.25, -0.2) is 9.69 Å². The van der Waals surface area contributed by atoms with E-state index in [9.17, 15) is 14.4 Å². The van der Waals surface area contributed by atoms with E-state index in [-0.39, 0.29) is 5.57 Å². The van der Waals surface area contributed by atoms with Gasteiger partial charge in [0.05, 0.1) is 12.8 Å². The van der Waals surface area contributed by atoms with Gasteiger partial charge in [-0.15, -0.1) is 0 Å². The number of aryl methyl sites for hydroxylation is 1. The molecule has 1 aliphatic rings. The summed E-state index contributed by atoms with van der Waals surface area (Å²) in [5.74, 6) is -0.928. The Labute approximate surface area is 158 Å². The highest BCUT2D eigenvalue weighted by atomic mass is 79.9. The Balaban J connectivity index is 2.09. The van der Waals surface area contributed by atoms with Crippen LogP contribution in [0.4, 0.5) is 10.5 Å². The van der Waals surface area contributed by atoms with E-state index in [1.54, 1.807) is 49.4 Å². The number of benzene rings is 2. The van der Waals surface area contributed by atoms with Crippen molar-refractivity contribution < 1.29 is 19.1 Å². The molecule has 6 nitrogen and oxygen atoms in total. The Morgan fingerprint density at radius 1 is 1.12 bits per heavy atom. The van der Waals surface area contributed by atoms with Gasteiger partial charge in [-0.3, -0.25) is 14.9 Å². The molecule has 0 aromatic heterocycles. The molecular formula is C19H15BrN2O4. The SMILES string of the molecule is COc1ccc(Br)cc1/C=C1/C(=O)NC(=O)N(c2ccccc2C)C1=O. The van der Waals surface area contributed by atoms with Crippen molar-refractivity contribution in [3.8, 4) is 5.75 Å². The second kappa shape index (κ2) is 7.13. The molecule has 1 fully saturated rings. The van der Waals surface area contributed by atoms with Crippen molar-refractivity contribution in [2.75, 3.05) is 12.0 Å². The van der Waals surface area contributed by atoms with E-state index in [1.807, 2.05) is 0 Å². The number of nitrogens with one attached hydrogen (secondary N) is 1. The van der Waals surface area contributed by atoms with Crippen molar-refractivity contribution in [1.29, 1.82) is 0 Å². The Bertz CT molecular complexity index is 952. The molecule has 0 aliphatic carbocycles. The fourth-order valence-corrected chi connectivity index (χ4v) is 3.04. The standard InChI is InChI=1S/C19H15BrN2O4/c1-11-5-3-4-6-15(11)22-18(24)14(17(23)21-19(22)25)10-12-9-13(20)7-8-16(12)26-2/h3-10H,1-2H3,(H,21,23,25)/b14-10-. The Morgan fingerprint density at radius 3 is 2.54 bits per heavy atom. The molecule has 1 heterocycles. The molecule has 2 aromatic rings. The fraction of sp³-hybridized carbons (Fsp3) is 0.105. The number of urea groups is 1. The summed E-state index contributed by atoms with van der Waals surface area (Å²) >= 11 is 3.35. The summed E-state index contributed by atoms with van der Waals surface area (Å²) in [5.41, 5.74) is 1.56. The van der Waals surface area contributed by atoms with Crippen LogP contribution < -0.4 is 15.0 Å². The monoisotopic (exact) mass is 414 g/mol. The van der Waals surface area contributed by atoms with Gasteiger partial charge in [0.15, 0.2) is 0 Å². The molecule has 0 unspecified atom stereocenters. The summed E-state index contributed by atoms with van der Waals surface area (Å²) in [7, 11) is 1.50. The minimum Gasteiger partial charge on any atom is -0.496 e. The molecule has 2 aromatic carbocycles. The Morgan fingerprint density at radius 2 is 1.85 bits per heavy atom. The number of hydrogen-bond acceptors (Lipinski definition) is 4. The summed E-state index contributed by atoms with van der Waals surface area (Å²) in [5, 5.41) is 2.21. The molecule has 0 radical (unpaired) electrons. The van der Waals surface area contributed by atoms with E-state index < -0.39 is 17.8 Å². The van der Waals surface area contributed by atoms with Gasteiger partial charge in [-0.1, -0.05) is 34.1 Å². The van der Waals surface area contributed by atoms with Crippen LogP contribution in [0.2, 0.25) is 0 Å². The Hall–Kier alpha value is -2.93. The molecular weight excluding hydrogens is 400 g/mol. The van der Waals surface area contributed by atoms with E-state index in [0.717, 1.165) is 14.9 Å². The van der Waals surface area contributed by atoms with Crippen molar-refractivity contribution in [3.63, 3.8) is 0 Å². The molecule has 7 heteroatoms. The lowest BCUT2D eigenvalue weighted by Gasteiger charge is -2.27. The summed E-state index contributed by atoms with van der Waals surface area (Å²) in [4.78, 5) is 38.4. The molecule has 0 saturated carbocycles. The zero-order valence-corrected chi connectivity index (χ0v) is 15.7. The number of nitrogens with zero attached hydrogens (tertiary/aromatic N) is 1. The van der Waals surface area contributed by atoms with Crippen molar-refractivity contribution in [3.05, 3.63) is 63.6 Å². The molecule has 4 amide bonds. The quantitative estimate of drug-likeness (QED) is 0.616. The number of halogens is 1. The minimum atomic E-state index is -0.771. The van der Waals surface area contributed by atoms with Gasteiger partial charge in [0.25, 0.3) is 11.8 Å². The van der Waals surface area contributed by atoms with Crippen LogP contribution in [0.25, 0.3) is 6.08 Å². The number of carbonyl (C=O) groups excluding carboxylic acids is 3. The van der Waals surface area contributed by atoms with Crippen LogP contribution in [-0.2, 0) is 9.59 Å². The number of ether oxygens (including phenoxy) is 1. The first-order chi connectivity index (χ1) is 12.4. The average Bonchev–Trinajstić information content (AvgIpc) is 2.60. The van der Waals surface area contributed by atoms with Crippen LogP contribution in [0.5, 0.6) is 5.75 Å². The highest BCUT2D eigenvalue weighted by Crippen LogP contribution is 2.28. The maximum Gasteiger partial charge on any atom is 0.335 e. The van der Waals surface area contributed by atoms with E-state index >= 15 is 0 Å². The molecule has 26 heavy (non-hydrogen) atoms. The maximum atomic E-state index is 12.9. The first-order valence-electron chi connectivity index (χ1n) is 7.73. The fourth-order valence-electron chi connectivity index (χ4n) is 2.66. The summed E-state index contributed by atoms with van der Waals surface area (Å²) in [6, 6.07) is 11.4. The zero-order chi connectivity index (χ0) is 18.8. The van der Waals surface area contributed by atoms with Crippen LogP contribution in [0.3, 0.4) is 0 Å². The number of hydrogen-bond donors (Lipinski definition) is 1. The van der Waals surface area contributed by atoms with Crippen molar-refractivity contribution in [1.82, 2.24) is 5.32 Å². The third kappa shape index (κ3) is 3.25. The summed E-state index contributed by atoms with van der Waals surface area (Å²) < 4.78 is 6.04. The zero-order valence-electron chi connectivity index (χ0n) is 14.1. The number of carbonyl (C=O) groups is 3. The summed E-state index contributed by atoms with van der Waals surface area (Å²) in [6.07, 6.45) is 1.42. The highest BCUT2D eigenvalue weighted by Gasteiger charge is 2.37. The lowest BCUT2D eigenvalue weighted by atomic mass is 10.1. The predicted molar refractivity (Wildman–Crippen MR) is 101 cm³/mol. The third-order valence-corrected chi connectivity index (χ3v) is 4.44. The van der Waals surface area contributed by atoms with E-state index in [1.165, 1.54) is 13.2 Å². The van der Waals surface area contributed by atoms with Crippen LogP contribution in [-0.4, -0.2) is 25.0 Å². The second-order valence-corrected chi connectivity index (χ2v) is 6.55. The number of para-hydroxylation sites is 1. The van der Waals surface area contributed by atoms with Gasteiger partial charge < -0.3 is 4.74 Å². The van der Waals surface area contributed by atoms with E-state index in [2.05, 4.69) is 21.2 Å². The van der Waals surface area contributed by atoms with Crippen LogP contribution in [0.1, 0.15) is 11.1 Å². The lowest BCUT2D eigenvalue weighted by molar-refractivity contribution is -0.122. The normalized spacial score (nSPS) is 16.0.